The number of nitrogens with zero attached hydrogens (tertiary/aromatic N) is 3. The van der Waals surface area contributed by atoms with Crippen LogP contribution in [0.15, 0.2) is 88.6 Å². The number of hydrogen-bond donors (Lipinski definition) is 3. The Balaban J connectivity index is 1.77. The quantitative estimate of drug-likeness (QED) is 0.122. The zero-order valence-corrected chi connectivity index (χ0v) is 21.9. The molecule has 0 amide bonds. The van der Waals surface area contributed by atoms with Crippen LogP contribution in [0.5, 0.6) is 0 Å². The van der Waals surface area contributed by atoms with Gasteiger partial charge >= 0.3 is 0 Å². The fourth-order valence-corrected chi connectivity index (χ4v) is 4.35. The first kappa shape index (κ1) is 28.8. The lowest BCUT2D eigenvalue weighted by Gasteiger charge is -2.27. The Hall–Kier alpha value is -3.74. The van der Waals surface area contributed by atoms with Crippen LogP contribution in [0.1, 0.15) is 38.2 Å². The third-order valence-corrected chi connectivity index (χ3v) is 6.63. The Labute approximate surface area is 223 Å². The lowest BCUT2D eigenvalue weighted by molar-refractivity contribution is 0.233. The predicted octanol–water partition coefficient (Wildman–Crippen LogP) is 5.56. The van der Waals surface area contributed by atoms with Gasteiger partial charge in [0.25, 0.3) is 0 Å². The van der Waals surface area contributed by atoms with Crippen LogP contribution in [-0.2, 0) is 11.3 Å². The number of halogens is 2. The molecule has 7 nitrogen and oxygen atoms in total. The van der Waals surface area contributed by atoms with E-state index in [1.807, 2.05) is 30.3 Å². The van der Waals surface area contributed by atoms with Gasteiger partial charge in [0.05, 0.1) is 12.0 Å². The molecule has 38 heavy (non-hydrogen) atoms. The van der Waals surface area contributed by atoms with Gasteiger partial charge in [-0.25, -0.2) is 13.8 Å². The lowest BCUT2D eigenvalue weighted by Crippen LogP contribution is -2.42. The van der Waals surface area contributed by atoms with Gasteiger partial charge in [0.2, 0.25) is 5.88 Å². The molecule has 1 saturated heterocycles. The third kappa shape index (κ3) is 8.40. The van der Waals surface area contributed by atoms with Crippen molar-refractivity contribution in [3.05, 3.63) is 89.2 Å². The van der Waals surface area contributed by atoms with E-state index in [0.717, 1.165) is 63.5 Å². The number of anilines is 1. The summed E-state index contributed by atoms with van der Waals surface area (Å²) in [5.41, 5.74) is 7.95. The van der Waals surface area contributed by atoms with Gasteiger partial charge in [-0.2, -0.15) is 5.26 Å². The maximum atomic E-state index is 14.9. The molecule has 1 aliphatic heterocycles. The number of hydrogen-bond acceptors (Lipinski definition) is 6. The number of piperazine rings is 1. The number of aliphatic imine (C=N–C) groups is 1. The van der Waals surface area contributed by atoms with Gasteiger partial charge in [0, 0.05) is 44.5 Å². The molecule has 0 spiro atoms. The highest BCUT2D eigenvalue weighted by Gasteiger charge is 2.19. The van der Waals surface area contributed by atoms with Crippen molar-refractivity contribution in [3.8, 4) is 6.07 Å². The largest absolute Gasteiger partial charge is 0.434 e. The van der Waals surface area contributed by atoms with Crippen molar-refractivity contribution in [2.75, 3.05) is 31.5 Å². The van der Waals surface area contributed by atoms with E-state index in [0.29, 0.717) is 30.0 Å². The number of nitriles is 1. The van der Waals surface area contributed by atoms with E-state index in [1.54, 1.807) is 0 Å². The predicted molar refractivity (Wildman–Crippen MR) is 148 cm³/mol. The van der Waals surface area contributed by atoms with E-state index in [9.17, 15) is 14.0 Å². The van der Waals surface area contributed by atoms with Crippen LogP contribution in [0.25, 0.3) is 0 Å². The zero-order valence-electron chi connectivity index (χ0n) is 21.9. The van der Waals surface area contributed by atoms with E-state index >= 15 is 0 Å². The van der Waals surface area contributed by atoms with Crippen molar-refractivity contribution in [2.24, 2.45) is 16.6 Å². The monoisotopic (exact) mass is 522 g/mol. The summed E-state index contributed by atoms with van der Waals surface area (Å²) >= 11 is 0. The minimum absolute atomic E-state index is 0.122. The van der Waals surface area contributed by atoms with Gasteiger partial charge in [-0.15, -0.1) is 0 Å². The highest BCUT2D eigenvalue weighted by atomic mass is 19.1. The summed E-state index contributed by atoms with van der Waals surface area (Å²) in [6, 6.07) is 9.72. The van der Waals surface area contributed by atoms with E-state index < -0.39 is 17.4 Å². The molecule has 1 heterocycles. The Morgan fingerprint density at radius 3 is 2.47 bits per heavy atom. The maximum Gasteiger partial charge on any atom is 0.240 e. The normalized spacial score (nSPS) is 19.5. The van der Waals surface area contributed by atoms with Gasteiger partial charge < -0.3 is 21.1 Å². The second-order valence-corrected chi connectivity index (χ2v) is 9.55. The number of nitrogens with one attached hydrogen (secondary N) is 2. The minimum Gasteiger partial charge on any atom is -0.434 e. The Morgan fingerprint density at radius 1 is 1.24 bits per heavy atom. The summed E-state index contributed by atoms with van der Waals surface area (Å²) in [6.45, 7) is 14.1. The third-order valence-electron chi connectivity index (χ3n) is 6.63. The summed E-state index contributed by atoms with van der Waals surface area (Å²) in [4.78, 5) is 6.25. The molecule has 0 aromatic heterocycles. The first-order valence-electron chi connectivity index (χ1n) is 12.8. The smallest absolute Gasteiger partial charge is 0.240 e. The SMILES string of the molecule is C=C(Nc1ccc(CN2CCNCC2)cc1)/C(C#N)=C(\N=CN)O/C(=C/C(F)=C1CCC(C)CC1)C(=C)F. The number of ether oxygens (including phenoxy) is 1. The van der Waals surface area contributed by atoms with Crippen LogP contribution in [0, 0.1) is 17.2 Å². The van der Waals surface area contributed by atoms with Gasteiger partial charge in [-0.3, -0.25) is 4.90 Å². The second kappa shape index (κ2) is 14.3. The molecule has 1 aliphatic carbocycles. The first-order chi connectivity index (χ1) is 18.3. The fraction of sp³-hybridized carbons (Fsp3) is 0.379. The molecular formula is C29H36F2N6O. The summed E-state index contributed by atoms with van der Waals surface area (Å²) in [5.74, 6) is -1.88. The van der Waals surface area contributed by atoms with Crippen molar-refractivity contribution >= 4 is 12.0 Å². The Bertz CT molecular complexity index is 1160. The van der Waals surface area contributed by atoms with Crippen LogP contribution in [0.2, 0.25) is 0 Å². The molecule has 202 valence electrons. The van der Waals surface area contributed by atoms with Gasteiger partial charge in [-0.1, -0.05) is 32.2 Å². The maximum absolute atomic E-state index is 14.9. The number of allylic oxidation sites excluding steroid dienone is 5. The molecule has 1 saturated carbocycles. The van der Waals surface area contributed by atoms with Crippen LogP contribution in [-0.4, -0.2) is 37.4 Å². The van der Waals surface area contributed by atoms with E-state index in [-0.39, 0.29) is 17.2 Å². The van der Waals surface area contributed by atoms with Crippen molar-refractivity contribution in [2.45, 2.75) is 39.2 Å². The number of rotatable bonds is 10. The van der Waals surface area contributed by atoms with Crippen molar-refractivity contribution in [1.29, 1.82) is 5.26 Å². The summed E-state index contributed by atoms with van der Waals surface area (Å²) in [7, 11) is 0. The van der Waals surface area contributed by atoms with Crippen molar-refractivity contribution in [1.82, 2.24) is 10.2 Å². The van der Waals surface area contributed by atoms with E-state index in [1.165, 1.54) is 0 Å². The molecule has 9 heteroatoms. The van der Waals surface area contributed by atoms with Gasteiger partial charge in [0.15, 0.2) is 11.6 Å². The molecule has 2 aliphatic rings. The molecule has 0 radical (unpaired) electrons. The average molecular weight is 523 g/mol. The second-order valence-electron chi connectivity index (χ2n) is 9.55. The molecule has 0 unspecified atom stereocenters. The van der Waals surface area contributed by atoms with Crippen LogP contribution in [0.4, 0.5) is 14.5 Å². The van der Waals surface area contributed by atoms with E-state index in [4.69, 9.17) is 10.5 Å². The first-order valence-corrected chi connectivity index (χ1v) is 12.8. The molecular weight excluding hydrogens is 486 g/mol. The van der Waals surface area contributed by atoms with E-state index in [2.05, 4.69) is 40.6 Å². The number of nitrogens with two attached hydrogens (primary N) is 1. The van der Waals surface area contributed by atoms with Crippen molar-refractivity contribution in [3.63, 3.8) is 0 Å². The Morgan fingerprint density at radius 2 is 1.89 bits per heavy atom. The lowest BCUT2D eigenvalue weighted by atomic mass is 9.86. The fourth-order valence-electron chi connectivity index (χ4n) is 4.35. The van der Waals surface area contributed by atoms with Crippen LogP contribution in [0.3, 0.4) is 0 Å². The summed E-state index contributed by atoms with van der Waals surface area (Å²) in [5, 5.41) is 16.2. The molecule has 2 fully saturated rings. The average Bonchev–Trinajstić information content (AvgIpc) is 2.90. The highest BCUT2D eigenvalue weighted by molar-refractivity contribution is 5.59. The molecule has 0 atom stereocenters. The zero-order chi connectivity index (χ0) is 27.5. The molecule has 4 N–H and O–H groups in total. The molecule has 3 rings (SSSR count). The van der Waals surface area contributed by atoms with Crippen LogP contribution < -0.4 is 16.4 Å². The van der Waals surface area contributed by atoms with Crippen molar-refractivity contribution < 1.29 is 13.5 Å². The molecule has 1 aromatic rings. The summed E-state index contributed by atoms with van der Waals surface area (Å²) < 4.78 is 34.7. The van der Waals surface area contributed by atoms with Gasteiger partial charge in [-0.05, 0) is 54.9 Å². The number of benzene rings is 1. The minimum atomic E-state index is -1.01. The van der Waals surface area contributed by atoms with Gasteiger partial charge in [0.1, 0.15) is 17.5 Å². The topological polar surface area (TPSA) is 98.7 Å². The molecule has 1 aromatic carbocycles. The standard InChI is InChI=1S/C29H36F2N6O/c1-20-4-8-24(9-5-20)27(31)16-28(21(2)30)38-29(35-19-33)26(17-32)22(3)36-25-10-6-23(7-11-25)18-37-14-12-34-13-15-37/h6-7,10-11,16,19-20,34,36H,2-5,8-9,12-15,18H2,1H3,(H2,33,35)/b27-24?,28-16+,29-26+. The summed E-state index contributed by atoms with van der Waals surface area (Å²) in [6.07, 6.45) is 4.77. The highest BCUT2D eigenvalue weighted by Crippen LogP contribution is 2.32. The molecule has 0 bridgehead atoms. The van der Waals surface area contributed by atoms with Crippen LogP contribution >= 0.6 is 0 Å². The Kier molecular flexibility index (Phi) is 10.8.